The van der Waals surface area contributed by atoms with Crippen molar-refractivity contribution < 1.29 is 9.73 Å². The van der Waals surface area contributed by atoms with Gasteiger partial charge in [-0.05, 0) is 26.0 Å². The Kier molecular flexibility index (Phi) is 4.58. The lowest BCUT2D eigenvalue weighted by molar-refractivity contribution is -0.732. The quantitative estimate of drug-likeness (QED) is 0.786. The van der Waals surface area contributed by atoms with Gasteiger partial charge in [0, 0.05) is 12.0 Å². The molecule has 2 rings (SSSR count). The normalized spacial score (nSPS) is 14.0. The van der Waals surface area contributed by atoms with Crippen molar-refractivity contribution in [2.24, 2.45) is 0 Å². The molecule has 0 radical (unpaired) electrons. The largest absolute Gasteiger partial charge is 0.463 e. The molecule has 0 fully saturated rings. The van der Waals surface area contributed by atoms with E-state index >= 15 is 0 Å². The van der Waals surface area contributed by atoms with Gasteiger partial charge in [0.1, 0.15) is 12.1 Å². The number of quaternary nitrogens is 1. The van der Waals surface area contributed by atoms with Crippen LogP contribution < -0.4 is 5.32 Å². The fourth-order valence-electron chi connectivity index (χ4n) is 2.36. The SMILES string of the molecule is C=C(C)C[C@@H]([NH2+][C@H](C)c1ccccc1)c1ccco1. The van der Waals surface area contributed by atoms with Gasteiger partial charge in [0.05, 0.1) is 6.26 Å². The lowest BCUT2D eigenvalue weighted by Crippen LogP contribution is -2.85. The van der Waals surface area contributed by atoms with Crippen molar-refractivity contribution in [2.45, 2.75) is 32.4 Å². The van der Waals surface area contributed by atoms with Gasteiger partial charge in [0.2, 0.25) is 0 Å². The van der Waals surface area contributed by atoms with Crippen LogP contribution in [0.15, 0.2) is 65.3 Å². The zero-order chi connectivity index (χ0) is 13.7. The Balaban J connectivity index is 2.10. The fraction of sp³-hybridized carbons (Fsp3) is 0.294. The molecule has 1 aromatic carbocycles. The van der Waals surface area contributed by atoms with Crippen LogP contribution in [0.1, 0.15) is 43.7 Å². The molecular formula is C17H22NO+. The zero-order valence-corrected chi connectivity index (χ0v) is 11.7. The van der Waals surface area contributed by atoms with Crippen LogP contribution in [0.2, 0.25) is 0 Å². The molecule has 2 heteroatoms. The van der Waals surface area contributed by atoms with Crippen molar-refractivity contribution in [1.82, 2.24) is 0 Å². The first-order valence-corrected chi connectivity index (χ1v) is 6.74. The molecule has 1 aromatic heterocycles. The van der Waals surface area contributed by atoms with E-state index in [2.05, 4.69) is 50.0 Å². The highest BCUT2D eigenvalue weighted by atomic mass is 16.3. The molecule has 2 aromatic rings. The van der Waals surface area contributed by atoms with Gasteiger partial charge < -0.3 is 9.73 Å². The van der Waals surface area contributed by atoms with Crippen molar-refractivity contribution >= 4 is 0 Å². The molecule has 0 saturated carbocycles. The van der Waals surface area contributed by atoms with Crippen LogP contribution in [0.25, 0.3) is 0 Å². The van der Waals surface area contributed by atoms with E-state index in [1.807, 2.05) is 18.2 Å². The molecule has 0 spiro atoms. The predicted octanol–water partition coefficient (Wildman–Crippen LogP) is 3.61. The molecule has 0 saturated heterocycles. The summed E-state index contributed by atoms with van der Waals surface area (Å²) in [6.45, 7) is 8.32. The van der Waals surface area contributed by atoms with Crippen LogP contribution in [0.3, 0.4) is 0 Å². The highest BCUT2D eigenvalue weighted by Crippen LogP contribution is 2.19. The summed E-state index contributed by atoms with van der Waals surface area (Å²) in [5, 5.41) is 2.35. The lowest BCUT2D eigenvalue weighted by atomic mass is 10.0. The Morgan fingerprint density at radius 1 is 1.21 bits per heavy atom. The molecule has 2 atom stereocenters. The second-order valence-electron chi connectivity index (χ2n) is 5.17. The van der Waals surface area contributed by atoms with E-state index in [1.165, 1.54) is 11.1 Å². The van der Waals surface area contributed by atoms with Crippen LogP contribution in [0, 0.1) is 0 Å². The Morgan fingerprint density at radius 3 is 2.53 bits per heavy atom. The molecule has 1 heterocycles. The smallest absolute Gasteiger partial charge is 0.161 e. The fourth-order valence-corrected chi connectivity index (χ4v) is 2.36. The molecule has 19 heavy (non-hydrogen) atoms. The van der Waals surface area contributed by atoms with Gasteiger partial charge in [0.15, 0.2) is 5.76 Å². The summed E-state index contributed by atoms with van der Waals surface area (Å²) in [5.74, 6) is 1.02. The zero-order valence-electron chi connectivity index (χ0n) is 11.7. The molecule has 2 nitrogen and oxygen atoms in total. The third-order valence-corrected chi connectivity index (χ3v) is 3.32. The van der Waals surface area contributed by atoms with Crippen LogP contribution in [0.5, 0.6) is 0 Å². The van der Waals surface area contributed by atoms with E-state index in [4.69, 9.17) is 4.42 Å². The van der Waals surface area contributed by atoms with Gasteiger partial charge in [-0.2, -0.15) is 0 Å². The molecule has 0 aliphatic heterocycles. The first kappa shape index (κ1) is 13.6. The third kappa shape index (κ3) is 3.83. The first-order chi connectivity index (χ1) is 9.16. The monoisotopic (exact) mass is 256 g/mol. The first-order valence-electron chi connectivity index (χ1n) is 6.74. The summed E-state index contributed by atoms with van der Waals surface area (Å²) in [4.78, 5) is 0. The number of nitrogens with two attached hydrogens (primary N) is 1. The van der Waals surface area contributed by atoms with E-state index in [0.717, 1.165) is 12.2 Å². The van der Waals surface area contributed by atoms with Crippen LogP contribution >= 0.6 is 0 Å². The Hall–Kier alpha value is -1.80. The van der Waals surface area contributed by atoms with E-state index < -0.39 is 0 Å². The van der Waals surface area contributed by atoms with Crippen molar-refractivity contribution in [2.75, 3.05) is 0 Å². The van der Waals surface area contributed by atoms with Crippen molar-refractivity contribution in [3.8, 4) is 0 Å². The molecule has 0 aliphatic carbocycles. The number of benzene rings is 1. The lowest BCUT2D eigenvalue weighted by Gasteiger charge is -2.19. The summed E-state index contributed by atoms with van der Waals surface area (Å²) >= 11 is 0. The second kappa shape index (κ2) is 6.39. The summed E-state index contributed by atoms with van der Waals surface area (Å²) in [6.07, 6.45) is 2.67. The maximum Gasteiger partial charge on any atom is 0.161 e. The van der Waals surface area contributed by atoms with E-state index in [1.54, 1.807) is 6.26 Å². The highest BCUT2D eigenvalue weighted by molar-refractivity contribution is 5.16. The molecule has 100 valence electrons. The number of hydrogen-bond acceptors (Lipinski definition) is 1. The standard InChI is InChI=1S/C17H21NO/c1-13(2)12-16(17-10-7-11-19-17)18-14(3)15-8-5-4-6-9-15/h4-11,14,16,18H,1,12H2,2-3H3/p+1/t14-,16-/m1/s1. The molecule has 0 aliphatic rings. The summed E-state index contributed by atoms with van der Waals surface area (Å²) in [7, 11) is 0. The van der Waals surface area contributed by atoms with Gasteiger partial charge in [-0.1, -0.05) is 42.5 Å². The van der Waals surface area contributed by atoms with Crippen LogP contribution in [-0.4, -0.2) is 0 Å². The van der Waals surface area contributed by atoms with Crippen LogP contribution in [-0.2, 0) is 0 Å². The maximum atomic E-state index is 5.56. The molecular weight excluding hydrogens is 234 g/mol. The van der Waals surface area contributed by atoms with E-state index in [-0.39, 0.29) is 0 Å². The average Bonchev–Trinajstić information content (AvgIpc) is 2.92. The average molecular weight is 256 g/mol. The number of hydrogen-bond donors (Lipinski definition) is 1. The Labute approximate surface area is 115 Å². The van der Waals surface area contributed by atoms with Crippen LogP contribution in [0.4, 0.5) is 0 Å². The maximum absolute atomic E-state index is 5.56. The van der Waals surface area contributed by atoms with Gasteiger partial charge >= 0.3 is 0 Å². The minimum absolute atomic E-state index is 0.294. The topological polar surface area (TPSA) is 29.8 Å². The Bertz CT molecular complexity index is 501. The summed E-state index contributed by atoms with van der Waals surface area (Å²) in [6, 6.07) is 15.2. The highest BCUT2D eigenvalue weighted by Gasteiger charge is 2.21. The van der Waals surface area contributed by atoms with E-state index in [0.29, 0.717) is 12.1 Å². The molecule has 0 unspecified atom stereocenters. The Morgan fingerprint density at radius 2 is 1.95 bits per heavy atom. The second-order valence-corrected chi connectivity index (χ2v) is 5.17. The van der Waals surface area contributed by atoms with Gasteiger partial charge in [-0.25, -0.2) is 0 Å². The predicted molar refractivity (Wildman–Crippen MR) is 77.7 cm³/mol. The van der Waals surface area contributed by atoms with Gasteiger partial charge in [0.25, 0.3) is 0 Å². The van der Waals surface area contributed by atoms with Gasteiger partial charge in [-0.3, -0.25) is 0 Å². The minimum Gasteiger partial charge on any atom is -0.463 e. The molecule has 0 amide bonds. The number of rotatable bonds is 6. The number of furan rings is 1. The van der Waals surface area contributed by atoms with E-state index in [9.17, 15) is 0 Å². The molecule has 2 N–H and O–H groups in total. The van der Waals surface area contributed by atoms with Crippen molar-refractivity contribution in [1.29, 1.82) is 0 Å². The summed E-state index contributed by atoms with van der Waals surface area (Å²) < 4.78 is 5.56. The van der Waals surface area contributed by atoms with Crippen molar-refractivity contribution in [3.63, 3.8) is 0 Å². The molecule has 0 bridgehead atoms. The van der Waals surface area contributed by atoms with Gasteiger partial charge in [-0.15, -0.1) is 0 Å². The van der Waals surface area contributed by atoms with Crippen molar-refractivity contribution in [3.05, 3.63) is 72.2 Å². The minimum atomic E-state index is 0.294. The summed E-state index contributed by atoms with van der Waals surface area (Å²) in [5.41, 5.74) is 2.51. The third-order valence-electron chi connectivity index (χ3n) is 3.32.